The van der Waals surface area contributed by atoms with Crippen molar-refractivity contribution in [2.75, 3.05) is 24.6 Å². The van der Waals surface area contributed by atoms with E-state index in [1.165, 1.54) is 0 Å². The average molecular weight is 300 g/mol. The molecule has 0 radical (unpaired) electrons. The number of aromatic nitrogens is 1. The molecule has 3 rings (SSSR count). The van der Waals surface area contributed by atoms with Gasteiger partial charge in [-0.1, -0.05) is 0 Å². The number of anilines is 1. The van der Waals surface area contributed by atoms with Crippen LogP contribution in [0.2, 0.25) is 0 Å². The SMILES string of the molecule is CCOC(=O)C1CCN(c2ccc3c(=O)[nH]ccc3c2)CC1. The zero-order chi connectivity index (χ0) is 15.5. The van der Waals surface area contributed by atoms with Crippen LogP contribution in [0, 0.1) is 5.92 Å². The summed E-state index contributed by atoms with van der Waals surface area (Å²) < 4.78 is 5.10. The number of carbonyl (C=O) groups is 1. The Bertz CT molecular complexity index is 730. The van der Waals surface area contributed by atoms with Gasteiger partial charge in [-0.25, -0.2) is 0 Å². The number of ether oxygens (including phenoxy) is 1. The van der Waals surface area contributed by atoms with Crippen molar-refractivity contribution in [2.45, 2.75) is 19.8 Å². The summed E-state index contributed by atoms with van der Waals surface area (Å²) in [6.07, 6.45) is 3.29. The van der Waals surface area contributed by atoms with Gasteiger partial charge in [0.1, 0.15) is 0 Å². The van der Waals surface area contributed by atoms with Gasteiger partial charge in [0, 0.05) is 30.4 Å². The minimum Gasteiger partial charge on any atom is -0.466 e. The first kappa shape index (κ1) is 14.6. The molecule has 1 aromatic heterocycles. The quantitative estimate of drug-likeness (QED) is 0.884. The molecule has 0 saturated carbocycles. The van der Waals surface area contributed by atoms with E-state index in [2.05, 4.69) is 9.88 Å². The van der Waals surface area contributed by atoms with Crippen molar-refractivity contribution in [3.05, 3.63) is 40.8 Å². The molecule has 0 bridgehead atoms. The summed E-state index contributed by atoms with van der Waals surface area (Å²) in [5.41, 5.74) is 1.03. The summed E-state index contributed by atoms with van der Waals surface area (Å²) in [5.74, 6) is -0.0632. The first-order valence-electron chi connectivity index (χ1n) is 7.72. The first-order valence-corrected chi connectivity index (χ1v) is 7.72. The van der Waals surface area contributed by atoms with Gasteiger partial charge in [0.25, 0.3) is 5.56 Å². The van der Waals surface area contributed by atoms with Gasteiger partial charge in [-0.15, -0.1) is 0 Å². The number of nitrogens with zero attached hydrogens (tertiary/aromatic N) is 1. The number of benzene rings is 1. The van der Waals surface area contributed by atoms with Gasteiger partial charge in [-0.05, 0) is 49.4 Å². The maximum Gasteiger partial charge on any atom is 0.309 e. The number of piperidine rings is 1. The van der Waals surface area contributed by atoms with Crippen molar-refractivity contribution in [1.29, 1.82) is 0 Å². The Kier molecular flexibility index (Phi) is 4.13. The molecule has 0 spiro atoms. The first-order chi connectivity index (χ1) is 10.7. The Labute approximate surface area is 128 Å². The van der Waals surface area contributed by atoms with E-state index in [1.54, 1.807) is 6.20 Å². The molecule has 1 N–H and O–H groups in total. The van der Waals surface area contributed by atoms with E-state index >= 15 is 0 Å². The summed E-state index contributed by atoms with van der Waals surface area (Å²) in [4.78, 5) is 28.4. The zero-order valence-corrected chi connectivity index (χ0v) is 12.7. The van der Waals surface area contributed by atoms with Crippen molar-refractivity contribution in [1.82, 2.24) is 4.98 Å². The number of rotatable bonds is 3. The van der Waals surface area contributed by atoms with Gasteiger partial charge >= 0.3 is 5.97 Å². The Balaban J connectivity index is 1.74. The van der Waals surface area contributed by atoms with Crippen molar-refractivity contribution in [3.63, 3.8) is 0 Å². The molecule has 5 nitrogen and oxygen atoms in total. The van der Waals surface area contributed by atoms with Crippen LogP contribution in [0.15, 0.2) is 35.3 Å². The lowest BCUT2D eigenvalue weighted by Crippen LogP contribution is -2.37. The van der Waals surface area contributed by atoms with Crippen LogP contribution in [-0.4, -0.2) is 30.6 Å². The lowest BCUT2D eigenvalue weighted by molar-refractivity contribution is -0.148. The van der Waals surface area contributed by atoms with E-state index in [4.69, 9.17) is 4.74 Å². The predicted octanol–water partition coefficient (Wildman–Crippen LogP) is 2.31. The Morgan fingerprint density at radius 1 is 1.32 bits per heavy atom. The number of hydrogen-bond donors (Lipinski definition) is 1. The van der Waals surface area contributed by atoms with Crippen molar-refractivity contribution < 1.29 is 9.53 Å². The third-order valence-electron chi connectivity index (χ3n) is 4.24. The fourth-order valence-electron chi connectivity index (χ4n) is 3.01. The second-order valence-corrected chi connectivity index (χ2v) is 5.59. The van der Waals surface area contributed by atoms with E-state index in [9.17, 15) is 9.59 Å². The Hall–Kier alpha value is -2.30. The van der Waals surface area contributed by atoms with Crippen molar-refractivity contribution >= 4 is 22.4 Å². The van der Waals surface area contributed by atoms with Crippen LogP contribution in [0.5, 0.6) is 0 Å². The molecule has 1 aliphatic heterocycles. The number of hydrogen-bond acceptors (Lipinski definition) is 4. The third-order valence-corrected chi connectivity index (χ3v) is 4.24. The highest BCUT2D eigenvalue weighted by molar-refractivity contribution is 5.85. The average Bonchev–Trinajstić information content (AvgIpc) is 2.55. The molecule has 1 aromatic carbocycles. The fourth-order valence-corrected chi connectivity index (χ4v) is 3.01. The summed E-state index contributed by atoms with van der Waals surface area (Å²) >= 11 is 0. The third kappa shape index (κ3) is 2.84. The molecule has 0 amide bonds. The Morgan fingerprint density at radius 2 is 2.09 bits per heavy atom. The van der Waals surface area contributed by atoms with E-state index in [0.717, 1.165) is 37.0 Å². The Morgan fingerprint density at radius 3 is 2.82 bits per heavy atom. The number of nitrogens with one attached hydrogen (secondary N) is 1. The monoisotopic (exact) mass is 300 g/mol. The van der Waals surface area contributed by atoms with Gasteiger partial charge in [0.15, 0.2) is 0 Å². The summed E-state index contributed by atoms with van der Waals surface area (Å²) in [6.45, 7) is 3.94. The fraction of sp³-hybridized carbons (Fsp3) is 0.412. The van der Waals surface area contributed by atoms with E-state index < -0.39 is 0 Å². The molecule has 116 valence electrons. The van der Waals surface area contributed by atoms with Crippen LogP contribution in [-0.2, 0) is 9.53 Å². The highest BCUT2D eigenvalue weighted by atomic mass is 16.5. The minimum atomic E-state index is -0.0767. The van der Waals surface area contributed by atoms with Crippen molar-refractivity contribution in [2.24, 2.45) is 5.92 Å². The van der Waals surface area contributed by atoms with Crippen molar-refractivity contribution in [3.8, 4) is 0 Å². The van der Waals surface area contributed by atoms with Crippen LogP contribution in [0.4, 0.5) is 5.69 Å². The molecule has 0 aliphatic carbocycles. The van der Waals surface area contributed by atoms with E-state index in [1.807, 2.05) is 31.2 Å². The largest absolute Gasteiger partial charge is 0.466 e. The van der Waals surface area contributed by atoms with Crippen LogP contribution < -0.4 is 10.5 Å². The highest BCUT2D eigenvalue weighted by Gasteiger charge is 2.26. The highest BCUT2D eigenvalue weighted by Crippen LogP contribution is 2.26. The molecule has 1 fully saturated rings. The van der Waals surface area contributed by atoms with Gasteiger partial charge in [0.2, 0.25) is 0 Å². The molecule has 1 aliphatic rings. The topological polar surface area (TPSA) is 62.4 Å². The smallest absolute Gasteiger partial charge is 0.309 e. The molecular weight excluding hydrogens is 280 g/mol. The summed E-state index contributed by atoms with van der Waals surface area (Å²) in [6, 6.07) is 7.78. The second kappa shape index (κ2) is 6.22. The van der Waals surface area contributed by atoms with E-state index in [0.29, 0.717) is 12.0 Å². The normalized spacial score (nSPS) is 16.0. The van der Waals surface area contributed by atoms with Crippen LogP contribution >= 0.6 is 0 Å². The van der Waals surface area contributed by atoms with Crippen LogP contribution in [0.1, 0.15) is 19.8 Å². The molecule has 0 unspecified atom stereocenters. The second-order valence-electron chi connectivity index (χ2n) is 5.59. The lowest BCUT2D eigenvalue weighted by Gasteiger charge is -2.32. The maximum absolute atomic E-state index is 11.8. The lowest BCUT2D eigenvalue weighted by atomic mass is 9.96. The number of fused-ring (bicyclic) bond motifs is 1. The molecule has 2 aromatic rings. The summed E-state index contributed by atoms with van der Waals surface area (Å²) in [5, 5.41) is 1.64. The molecule has 2 heterocycles. The molecule has 5 heteroatoms. The number of carbonyl (C=O) groups excluding carboxylic acids is 1. The molecular formula is C17H20N2O3. The molecule has 1 saturated heterocycles. The minimum absolute atomic E-state index is 0.0134. The number of esters is 1. The maximum atomic E-state index is 11.8. The number of H-pyrrole nitrogens is 1. The summed E-state index contributed by atoms with van der Waals surface area (Å²) in [7, 11) is 0. The van der Waals surface area contributed by atoms with Gasteiger partial charge in [-0.2, -0.15) is 0 Å². The zero-order valence-electron chi connectivity index (χ0n) is 12.7. The number of aromatic amines is 1. The molecule has 0 atom stereocenters. The standard InChI is InChI=1S/C17H20N2O3/c1-2-22-17(21)12-6-9-19(10-7-12)14-3-4-15-13(11-14)5-8-18-16(15)20/h3-5,8,11-12H,2,6-7,9-10H2,1H3,(H,18,20). The molecule has 22 heavy (non-hydrogen) atoms. The predicted molar refractivity (Wildman–Crippen MR) is 86.1 cm³/mol. The van der Waals surface area contributed by atoms with Gasteiger partial charge < -0.3 is 14.6 Å². The van der Waals surface area contributed by atoms with E-state index in [-0.39, 0.29) is 17.4 Å². The number of pyridine rings is 1. The van der Waals surface area contributed by atoms with Crippen LogP contribution in [0.25, 0.3) is 10.8 Å². The van der Waals surface area contributed by atoms with Gasteiger partial charge in [-0.3, -0.25) is 9.59 Å². The van der Waals surface area contributed by atoms with Crippen LogP contribution in [0.3, 0.4) is 0 Å². The van der Waals surface area contributed by atoms with Gasteiger partial charge in [0.05, 0.1) is 12.5 Å².